The normalized spacial score (nSPS) is 10.6. The SMILES string of the molecule is CCCCCCNc1nc(C)nc(Nc2ccc(C)cc2C)n1. The standard InChI is InChI=1S/C18H27N5/c1-5-6-7-8-11-19-17-20-15(4)21-18(23-17)22-16-10-9-13(2)12-14(16)3/h9-10,12H,5-8,11H2,1-4H3,(H2,19,20,21,22,23). The highest BCUT2D eigenvalue weighted by Crippen LogP contribution is 2.19. The molecule has 2 rings (SSSR count). The predicted molar refractivity (Wildman–Crippen MR) is 96.4 cm³/mol. The first-order chi connectivity index (χ1) is 11.1. The molecule has 5 heteroatoms. The Kier molecular flexibility index (Phi) is 6.32. The second-order valence-corrected chi connectivity index (χ2v) is 5.96. The Labute approximate surface area is 139 Å². The summed E-state index contributed by atoms with van der Waals surface area (Å²) in [6, 6.07) is 6.28. The van der Waals surface area contributed by atoms with Gasteiger partial charge in [-0.2, -0.15) is 15.0 Å². The highest BCUT2D eigenvalue weighted by Gasteiger charge is 2.06. The molecule has 1 aromatic heterocycles. The predicted octanol–water partition coefficient (Wildman–Crippen LogP) is 4.53. The Morgan fingerprint density at radius 1 is 0.913 bits per heavy atom. The highest BCUT2D eigenvalue weighted by molar-refractivity contribution is 5.59. The Bertz CT molecular complexity index is 639. The Morgan fingerprint density at radius 2 is 1.70 bits per heavy atom. The van der Waals surface area contributed by atoms with Gasteiger partial charge in [-0.1, -0.05) is 43.9 Å². The lowest BCUT2D eigenvalue weighted by atomic mass is 10.1. The second-order valence-electron chi connectivity index (χ2n) is 5.96. The number of aromatic nitrogens is 3. The number of rotatable bonds is 8. The van der Waals surface area contributed by atoms with Crippen molar-refractivity contribution in [2.24, 2.45) is 0 Å². The number of hydrogen-bond donors (Lipinski definition) is 2. The Hall–Kier alpha value is -2.17. The summed E-state index contributed by atoms with van der Waals surface area (Å²) in [6.45, 7) is 9.16. The summed E-state index contributed by atoms with van der Waals surface area (Å²) in [4.78, 5) is 13.2. The van der Waals surface area contributed by atoms with Gasteiger partial charge in [-0.05, 0) is 38.8 Å². The van der Waals surface area contributed by atoms with E-state index in [9.17, 15) is 0 Å². The zero-order chi connectivity index (χ0) is 16.7. The fourth-order valence-electron chi connectivity index (χ4n) is 2.44. The van der Waals surface area contributed by atoms with Crippen molar-refractivity contribution >= 4 is 17.6 Å². The first kappa shape index (κ1) is 17.2. The molecule has 124 valence electrons. The molecule has 0 saturated carbocycles. The van der Waals surface area contributed by atoms with E-state index >= 15 is 0 Å². The van der Waals surface area contributed by atoms with Gasteiger partial charge in [0.1, 0.15) is 5.82 Å². The third-order valence-corrected chi connectivity index (χ3v) is 3.69. The molecule has 2 aromatic rings. The van der Waals surface area contributed by atoms with Crippen molar-refractivity contribution in [2.75, 3.05) is 17.2 Å². The molecule has 0 bridgehead atoms. The van der Waals surface area contributed by atoms with Gasteiger partial charge in [-0.25, -0.2) is 0 Å². The maximum absolute atomic E-state index is 4.47. The van der Waals surface area contributed by atoms with E-state index in [1.807, 2.05) is 6.92 Å². The van der Waals surface area contributed by atoms with Crippen molar-refractivity contribution in [1.29, 1.82) is 0 Å². The number of nitrogens with one attached hydrogen (secondary N) is 2. The first-order valence-electron chi connectivity index (χ1n) is 8.39. The van der Waals surface area contributed by atoms with Gasteiger partial charge < -0.3 is 10.6 Å². The molecule has 23 heavy (non-hydrogen) atoms. The minimum absolute atomic E-state index is 0.584. The van der Waals surface area contributed by atoms with E-state index in [4.69, 9.17) is 0 Å². The van der Waals surface area contributed by atoms with E-state index in [1.54, 1.807) is 0 Å². The summed E-state index contributed by atoms with van der Waals surface area (Å²) < 4.78 is 0. The van der Waals surface area contributed by atoms with Crippen LogP contribution in [0.2, 0.25) is 0 Å². The van der Waals surface area contributed by atoms with Gasteiger partial charge in [-0.3, -0.25) is 0 Å². The maximum atomic E-state index is 4.47. The summed E-state index contributed by atoms with van der Waals surface area (Å²) in [5.74, 6) is 1.94. The highest BCUT2D eigenvalue weighted by atomic mass is 15.2. The van der Waals surface area contributed by atoms with E-state index in [0.29, 0.717) is 17.7 Å². The average Bonchev–Trinajstić information content (AvgIpc) is 2.49. The average molecular weight is 313 g/mol. The van der Waals surface area contributed by atoms with Gasteiger partial charge in [0.2, 0.25) is 11.9 Å². The van der Waals surface area contributed by atoms with Crippen molar-refractivity contribution in [3.8, 4) is 0 Å². The molecule has 0 aliphatic heterocycles. The molecule has 0 atom stereocenters. The minimum atomic E-state index is 0.584. The smallest absolute Gasteiger partial charge is 0.232 e. The van der Waals surface area contributed by atoms with Crippen LogP contribution in [-0.2, 0) is 0 Å². The van der Waals surface area contributed by atoms with Crippen LogP contribution in [0.1, 0.15) is 49.6 Å². The van der Waals surface area contributed by atoms with Crippen LogP contribution in [0.3, 0.4) is 0 Å². The number of anilines is 3. The summed E-state index contributed by atoms with van der Waals surface area (Å²) in [6.07, 6.45) is 4.89. The van der Waals surface area contributed by atoms with Crippen LogP contribution in [0.5, 0.6) is 0 Å². The van der Waals surface area contributed by atoms with Crippen LogP contribution < -0.4 is 10.6 Å². The van der Waals surface area contributed by atoms with Crippen LogP contribution in [0.25, 0.3) is 0 Å². The maximum Gasteiger partial charge on any atom is 0.232 e. The number of unbranched alkanes of at least 4 members (excludes halogenated alkanes) is 3. The monoisotopic (exact) mass is 313 g/mol. The molecule has 0 saturated heterocycles. The van der Waals surface area contributed by atoms with Crippen molar-refractivity contribution in [1.82, 2.24) is 15.0 Å². The lowest BCUT2D eigenvalue weighted by Crippen LogP contribution is -2.09. The number of hydrogen-bond acceptors (Lipinski definition) is 5. The third kappa shape index (κ3) is 5.51. The van der Waals surface area contributed by atoms with Crippen LogP contribution in [0.4, 0.5) is 17.6 Å². The summed E-state index contributed by atoms with van der Waals surface area (Å²) >= 11 is 0. The van der Waals surface area contributed by atoms with Crippen molar-refractivity contribution < 1.29 is 0 Å². The molecule has 0 radical (unpaired) electrons. The number of aryl methyl sites for hydroxylation is 3. The van der Waals surface area contributed by atoms with Gasteiger partial charge in [0.25, 0.3) is 0 Å². The second kappa shape index (κ2) is 8.46. The molecule has 1 heterocycles. The molecule has 0 amide bonds. The Balaban J connectivity index is 2.02. The summed E-state index contributed by atoms with van der Waals surface area (Å²) in [7, 11) is 0. The zero-order valence-electron chi connectivity index (χ0n) is 14.6. The molecule has 2 N–H and O–H groups in total. The molecule has 1 aromatic carbocycles. The molecule has 0 aliphatic carbocycles. The van der Waals surface area contributed by atoms with E-state index in [2.05, 4.69) is 64.6 Å². The quantitative estimate of drug-likeness (QED) is 0.701. The first-order valence-corrected chi connectivity index (χ1v) is 8.39. The van der Waals surface area contributed by atoms with Crippen molar-refractivity contribution in [3.63, 3.8) is 0 Å². The number of nitrogens with zero attached hydrogens (tertiary/aromatic N) is 3. The largest absolute Gasteiger partial charge is 0.354 e. The zero-order valence-corrected chi connectivity index (χ0v) is 14.6. The van der Waals surface area contributed by atoms with Crippen molar-refractivity contribution in [3.05, 3.63) is 35.2 Å². The number of benzene rings is 1. The fraction of sp³-hybridized carbons (Fsp3) is 0.500. The summed E-state index contributed by atoms with van der Waals surface area (Å²) in [5.41, 5.74) is 3.45. The lowest BCUT2D eigenvalue weighted by molar-refractivity contribution is 0.683. The molecule has 0 unspecified atom stereocenters. The van der Waals surface area contributed by atoms with E-state index in [0.717, 1.165) is 18.7 Å². The van der Waals surface area contributed by atoms with Gasteiger partial charge in [0.15, 0.2) is 0 Å². The van der Waals surface area contributed by atoms with Gasteiger partial charge in [0, 0.05) is 12.2 Å². The van der Waals surface area contributed by atoms with Gasteiger partial charge >= 0.3 is 0 Å². The fourth-order valence-corrected chi connectivity index (χ4v) is 2.44. The molecular weight excluding hydrogens is 286 g/mol. The third-order valence-electron chi connectivity index (χ3n) is 3.69. The lowest BCUT2D eigenvalue weighted by Gasteiger charge is -2.11. The Morgan fingerprint density at radius 3 is 2.43 bits per heavy atom. The van der Waals surface area contributed by atoms with Crippen LogP contribution in [0, 0.1) is 20.8 Å². The minimum Gasteiger partial charge on any atom is -0.354 e. The molecular formula is C18H27N5. The molecule has 0 spiro atoms. The molecule has 0 fully saturated rings. The van der Waals surface area contributed by atoms with Crippen LogP contribution in [-0.4, -0.2) is 21.5 Å². The van der Waals surface area contributed by atoms with Gasteiger partial charge in [-0.15, -0.1) is 0 Å². The van der Waals surface area contributed by atoms with E-state index < -0.39 is 0 Å². The van der Waals surface area contributed by atoms with Crippen LogP contribution in [0.15, 0.2) is 18.2 Å². The van der Waals surface area contributed by atoms with Gasteiger partial charge in [0.05, 0.1) is 0 Å². The molecule has 0 aliphatic rings. The topological polar surface area (TPSA) is 62.7 Å². The van der Waals surface area contributed by atoms with E-state index in [1.165, 1.54) is 30.4 Å². The van der Waals surface area contributed by atoms with E-state index in [-0.39, 0.29) is 0 Å². The van der Waals surface area contributed by atoms with Crippen molar-refractivity contribution in [2.45, 2.75) is 53.4 Å². The van der Waals surface area contributed by atoms with Crippen LogP contribution >= 0.6 is 0 Å². The molecule has 5 nitrogen and oxygen atoms in total. The summed E-state index contributed by atoms with van der Waals surface area (Å²) in [5, 5.41) is 6.58.